The van der Waals surface area contributed by atoms with E-state index in [0.717, 1.165) is 16.3 Å². The molecule has 0 fully saturated rings. The van der Waals surface area contributed by atoms with Crippen molar-refractivity contribution in [3.05, 3.63) is 48.0 Å². The van der Waals surface area contributed by atoms with E-state index < -0.39 is 35.3 Å². The number of likely N-dealkylation sites (N-methyl/N-ethyl adjacent to an activating group) is 1. The molecule has 0 saturated carbocycles. The molecule has 3 amide bonds. The summed E-state index contributed by atoms with van der Waals surface area (Å²) in [7, 11) is 1.47. The molecule has 2 aromatic rings. The van der Waals surface area contributed by atoms with E-state index in [1.807, 2.05) is 42.5 Å². The maximum absolute atomic E-state index is 13.0. The normalized spacial score (nSPS) is 14.5. The standard InChI is InChI=1S/C22H29N3O5/c1-22(2,3)18(21(29)23-4)24-19(27)16(17(26)20(28)25-30)12-13-9-10-14-7-5-6-8-15(14)11-13/h5-11,16-18,26,30H,12H2,1-4H3,(H,23,29)(H,24,27)(H,25,28)/t16-,17?,18-/m1/s1. The van der Waals surface area contributed by atoms with Gasteiger partial charge in [0.05, 0.1) is 5.92 Å². The second-order valence-electron chi connectivity index (χ2n) is 8.33. The Hall–Kier alpha value is -2.97. The monoisotopic (exact) mass is 415 g/mol. The zero-order valence-corrected chi connectivity index (χ0v) is 17.6. The number of rotatable bonds is 7. The van der Waals surface area contributed by atoms with Crippen LogP contribution in [0.4, 0.5) is 0 Å². The lowest BCUT2D eigenvalue weighted by atomic mass is 9.84. The van der Waals surface area contributed by atoms with Crippen molar-refractivity contribution in [3.8, 4) is 0 Å². The van der Waals surface area contributed by atoms with Gasteiger partial charge in [-0.25, -0.2) is 5.48 Å². The lowest BCUT2D eigenvalue weighted by molar-refractivity contribution is -0.147. The van der Waals surface area contributed by atoms with Crippen LogP contribution in [-0.2, 0) is 20.8 Å². The van der Waals surface area contributed by atoms with Gasteiger partial charge in [-0.2, -0.15) is 0 Å². The Bertz CT molecular complexity index is 922. The number of carbonyl (C=O) groups is 3. The summed E-state index contributed by atoms with van der Waals surface area (Å²) >= 11 is 0. The Labute approximate surface area is 175 Å². The number of benzene rings is 2. The third-order valence-corrected chi connectivity index (χ3v) is 5.03. The van der Waals surface area contributed by atoms with Gasteiger partial charge in [0.1, 0.15) is 12.1 Å². The summed E-state index contributed by atoms with van der Waals surface area (Å²) in [5.74, 6) is -3.36. The van der Waals surface area contributed by atoms with Gasteiger partial charge in [-0.15, -0.1) is 0 Å². The fourth-order valence-corrected chi connectivity index (χ4v) is 3.29. The molecular weight excluding hydrogens is 386 g/mol. The summed E-state index contributed by atoms with van der Waals surface area (Å²) in [5, 5.41) is 26.5. The highest BCUT2D eigenvalue weighted by atomic mass is 16.5. The number of fused-ring (bicyclic) bond motifs is 1. The number of hydrogen-bond acceptors (Lipinski definition) is 5. The predicted octanol–water partition coefficient (Wildman–Crippen LogP) is 1.14. The van der Waals surface area contributed by atoms with Crippen LogP contribution in [-0.4, -0.2) is 47.2 Å². The lowest BCUT2D eigenvalue weighted by Gasteiger charge is -2.32. The summed E-state index contributed by atoms with van der Waals surface area (Å²) in [4.78, 5) is 37.2. The largest absolute Gasteiger partial charge is 0.382 e. The van der Waals surface area contributed by atoms with Crippen molar-refractivity contribution >= 4 is 28.5 Å². The fourth-order valence-electron chi connectivity index (χ4n) is 3.29. The molecule has 0 aliphatic carbocycles. The average Bonchev–Trinajstić information content (AvgIpc) is 2.73. The van der Waals surface area contributed by atoms with Gasteiger partial charge in [-0.05, 0) is 28.2 Å². The molecule has 3 atom stereocenters. The first-order chi connectivity index (χ1) is 14.1. The van der Waals surface area contributed by atoms with Crippen LogP contribution in [0.25, 0.3) is 10.8 Å². The smallest absolute Gasteiger partial charge is 0.272 e. The molecule has 0 spiro atoms. The Morgan fingerprint density at radius 2 is 1.60 bits per heavy atom. The van der Waals surface area contributed by atoms with Gasteiger partial charge in [0.15, 0.2) is 0 Å². The van der Waals surface area contributed by atoms with Crippen molar-refractivity contribution in [2.24, 2.45) is 11.3 Å². The van der Waals surface area contributed by atoms with E-state index in [1.54, 1.807) is 20.8 Å². The molecule has 0 radical (unpaired) electrons. The van der Waals surface area contributed by atoms with E-state index in [1.165, 1.54) is 12.5 Å². The quantitative estimate of drug-likeness (QED) is 0.342. The van der Waals surface area contributed by atoms with Crippen molar-refractivity contribution < 1.29 is 24.7 Å². The first kappa shape index (κ1) is 23.3. The van der Waals surface area contributed by atoms with Crippen LogP contribution < -0.4 is 16.1 Å². The fraction of sp³-hybridized carbons (Fsp3) is 0.409. The Morgan fingerprint density at radius 1 is 0.967 bits per heavy atom. The summed E-state index contributed by atoms with van der Waals surface area (Å²) in [6.07, 6.45) is -1.76. The molecule has 2 rings (SSSR count). The maximum Gasteiger partial charge on any atom is 0.272 e. The van der Waals surface area contributed by atoms with Crippen LogP contribution in [0.3, 0.4) is 0 Å². The minimum absolute atomic E-state index is 0.0376. The molecule has 0 bridgehead atoms. The zero-order chi connectivity index (χ0) is 22.5. The number of hydroxylamine groups is 1. The molecule has 0 aliphatic heterocycles. The van der Waals surface area contributed by atoms with Crippen LogP contribution in [0.5, 0.6) is 0 Å². The SMILES string of the molecule is CNC(=O)[C@@H](NC(=O)[C@H](Cc1ccc2ccccc2c1)C(O)C(=O)NO)C(C)(C)C. The summed E-state index contributed by atoms with van der Waals surface area (Å²) in [6.45, 7) is 5.38. The first-order valence-corrected chi connectivity index (χ1v) is 9.70. The van der Waals surface area contributed by atoms with Crippen LogP contribution in [0.15, 0.2) is 42.5 Å². The summed E-state index contributed by atoms with van der Waals surface area (Å²) < 4.78 is 0. The highest BCUT2D eigenvalue weighted by Gasteiger charge is 2.38. The zero-order valence-electron chi connectivity index (χ0n) is 17.6. The van der Waals surface area contributed by atoms with Crippen LogP contribution in [0.1, 0.15) is 26.3 Å². The number of aliphatic hydroxyl groups excluding tert-OH is 1. The average molecular weight is 415 g/mol. The predicted molar refractivity (Wildman–Crippen MR) is 113 cm³/mol. The highest BCUT2D eigenvalue weighted by Crippen LogP contribution is 2.23. The van der Waals surface area contributed by atoms with Crippen LogP contribution in [0.2, 0.25) is 0 Å². The molecule has 5 N–H and O–H groups in total. The number of carbonyl (C=O) groups excluding carboxylic acids is 3. The molecule has 162 valence electrons. The van der Waals surface area contributed by atoms with Gasteiger partial charge in [0.2, 0.25) is 11.8 Å². The van der Waals surface area contributed by atoms with E-state index in [0.29, 0.717) is 0 Å². The first-order valence-electron chi connectivity index (χ1n) is 9.70. The molecule has 8 nitrogen and oxygen atoms in total. The molecule has 0 saturated heterocycles. The number of hydrogen-bond donors (Lipinski definition) is 5. The van der Waals surface area contributed by atoms with Crippen molar-refractivity contribution in [1.29, 1.82) is 0 Å². The van der Waals surface area contributed by atoms with E-state index in [-0.39, 0.29) is 12.3 Å². The Balaban J connectivity index is 2.34. The maximum atomic E-state index is 13.0. The van der Waals surface area contributed by atoms with E-state index in [4.69, 9.17) is 5.21 Å². The molecule has 30 heavy (non-hydrogen) atoms. The molecule has 0 aliphatic rings. The van der Waals surface area contributed by atoms with Crippen molar-refractivity contribution in [1.82, 2.24) is 16.1 Å². The highest BCUT2D eigenvalue weighted by molar-refractivity contribution is 5.93. The van der Waals surface area contributed by atoms with E-state index in [2.05, 4.69) is 10.6 Å². The lowest BCUT2D eigenvalue weighted by Crippen LogP contribution is -2.56. The molecule has 2 aromatic carbocycles. The van der Waals surface area contributed by atoms with Gasteiger partial charge in [0, 0.05) is 7.05 Å². The van der Waals surface area contributed by atoms with Crippen molar-refractivity contribution in [2.45, 2.75) is 39.3 Å². The molecule has 1 unspecified atom stereocenters. The van der Waals surface area contributed by atoms with Gasteiger partial charge >= 0.3 is 0 Å². The third-order valence-electron chi connectivity index (χ3n) is 5.03. The third kappa shape index (κ3) is 5.55. The van der Waals surface area contributed by atoms with Crippen LogP contribution in [0, 0.1) is 11.3 Å². The summed E-state index contributed by atoms with van der Waals surface area (Å²) in [6, 6.07) is 12.4. The van der Waals surface area contributed by atoms with E-state index >= 15 is 0 Å². The molecule has 0 aromatic heterocycles. The summed E-state index contributed by atoms with van der Waals surface area (Å²) in [5.41, 5.74) is 1.51. The van der Waals surface area contributed by atoms with Crippen molar-refractivity contribution in [2.75, 3.05) is 7.05 Å². The van der Waals surface area contributed by atoms with Crippen molar-refractivity contribution in [3.63, 3.8) is 0 Å². The molecule has 8 heteroatoms. The Morgan fingerprint density at radius 3 is 2.17 bits per heavy atom. The second kappa shape index (κ2) is 9.69. The topological polar surface area (TPSA) is 128 Å². The van der Waals surface area contributed by atoms with Gasteiger partial charge in [-0.1, -0.05) is 63.2 Å². The second-order valence-corrected chi connectivity index (χ2v) is 8.33. The number of nitrogens with one attached hydrogen (secondary N) is 3. The number of aliphatic hydroxyl groups is 1. The minimum atomic E-state index is -1.80. The van der Waals surface area contributed by atoms with Gasteiger partial charge in [-0.3, -0.25) is 19.6 Å². The number of amides is 3. The van der Waals surface area contributed by atoms with Gasteiger partial charge in [0.25, 0.3) is 5.91 Å². The minimum Gasteiger partial charge on any atom is -0.382 e. The molecule has 0 heterocycles. The van der Waals surface area contributed by atoms with Crippen LogP contribution >= 0.6 is 0 Å². The Kier molecular flexibility index (Phi) is 7.53. The molecular formula is C22H29N3O5. The van der Waals surface area contributed by atoms with Gasteiger partial charge < -0.3 is 15.7 Å². The van der Waals surface area contributed by atoms with E-state index in [9.17, 15) is 19.5 Å².